The van der Waals surface area contributed by atoms with Gasteiger partial charge in [0.25, 0.3) is 10.2 Å². The molecule has 0 atom stereocenters. The fourth-order valence-electron chi connectivity index (χ4n) is 1.52. The zero-order valence-electron chi connectivity index (χ0n) is 9.98. The van der Waals surface area contributed by atoms with Crippen molar-refractivity contribution >= 4 is 10.2 Å². The SMILES string of the molecule is CCOCCN(C)S(=O)(=O)N1CCNCC1. The van der Waals surface area contributed by atoms with Crippen molar-refractivity contribution in [3.63, 3.8) is 0 Å². The lowest BCUT2D eigenvalue weighted by Gasteiger charge is -2.30. The first-order valence-corrected chi connectivity index (χ1v) is 6.98. The van der Waals surface area contributed by atoms with E-state index in [1.54, 1.807) is 7.05 Å². The van der Waals surface area contributed by atoms with Crippen LogP contribution in [0.25, 0.3) is 0 Å². The van der Waals surface area contributed by atoms with Gasteiger partial charge in [0.15, 0.2) is 0 Å². The minimum Gasteiger partial charge on any atom is -0.380 e. The summed E-state index contributed by atoms with van der Waals surface area (Å²) in [5.74, 6) is 0. The molecule has 16 heavy (non-hydrogen) atoms. The summed E-state index contributed by atoms with van der Waals surface area (Å²) in [5, 5.41) is 3.13. The lowest BCUT2D eigenvalue weighted by molar-refractivity contribution is 0.137. The Balaban J connectivity index is 2.47. The van der Waals surface area contributed by atoms with Crippen molar-refractivity contribution in [2.45, 2.75) is 6.92 Å². The quantitative estimate of drug-likeness (QED) is 0.622. The van der Waals surface area contributed by atoms with Gasteiger partial charge in [0.1, 0.15) is 0 Å². The summed E-state index contributed by atoms with van der Waals surface area (Å²) in [6.07, 6.45) is 0. The molecule has 0 aromatic heterocycles. The van der Waals surface area contributed by atoms with Gasteiger partial charge in [-0.1, -0.05) is 0 Å². The van der Waals surface area contributed by atoms with Crippen LogP contribution in [-0.2, 0) is 14.9 Å². The molecule has 0 unspecified atom stereocenters. The van der Waals surface area contributed by atoms with Gasteiger partial charge in [0.05, 0.1) is 6.61 Å². The van der Waals surface area contributed by atoms with E-state index >= 15 is 0 Å². The highest BCUT2D eigenvalue weighted by molar-refractivity contribution is 7.86. The third-order valence-electron chi connectivity index (χ3n) is 2.55. The molecule has 0 aromatic rings. The molecule has 1 N–H and O–H groups in total. The normalized spacial score (nSPS) is 19.2. The van der Waals surface area contributed by atoms with Gasteiger partial charge in [-0.05, 0) is 6.92 Å². The van der Waals surface area contributed by atoms with Crippen molar-refractivity contribution in [1.82, 2.24) is 13.9 Å². The minimum absolute atomic E-state index is 0.403. The maximum atomic E-state index is 12.0. The van der Waals surface area contributed by atoms with Gasteiger partial charge in [-0.2, -0.15) is 17.0 Å². The summed E-state index contributed by atoms with van der Waals surface area (Å²) in [7, 11) is -1.70. The van der Waals surface area contributed by atoms with Crippen LogP contribution in [0.5, 0.6) is 0 Å². The molecule has 1 rings (SSSR count). The average Bonchev–Trinajstić information content (AvgIpc) is 2.30. The second-order valence-corrected chi connectivity index (χ2v) is 5.71. The van der Waals surface area contributed by atoms with Gasteiger partial charge in [-0.3, -0.25) is 0 Å². The average molecular weight is 251 g/mol. The predicted molar refractivity (Wildman–Crippen MR) is 62.5 cm³/mol. The lowest BCUT2D eigenvalue weighted by Crippen LogP contribution is -2.51. The Morgan fingerprint density at radius 2 is 2.00 bits per heavy atom. The Bertz CT molecular complexity index is 288. The number of hydrogen-bond donors (Lipinski definition) is 1. The molecular weight excluding hydrogens is 230 g/mol. The Hall–Kier alpha value is -0.210. The molecule has 0 spiro atoms. The molecule has 0 saturated carbocycles. The second kappa shape index (κ2) is 6.51. The van der Waals surface area contributed by atoms with Gasteiger partial charge in [-0.15, -0.1) is 0 Å². The van der Waals surface area contributed by atoms with Crippen molar-refractivity contribution < 1.29 is 13.2 Å². The zero-order valence-corrected chi connectivity index (χ0v) is 10.8. The molecule has 0 amide bonds. The summed E-state index contributed by atoms with van der Waals surface area (Å²) in [5.41, 5.74) is 0. The minimum atomic E-state index is -3.30. The van der Waals surface area contributed by atoms with Crippen LogP contribution in [0.15, 0.2) is 0 Å². The highest BCUT2D eigenvalue weighted by Crippen LogP contribution is 2.06. The van der Waals surface area contributed by atoms with E-state index < -0.39 is 10.2 Å². The first-order valence-electron chi connectivity index (χ1n) is 5.59. The molecule has 0 radical (unpaired) electrons. The molecule has 96 valence electrons. The summed E-state index contributed by atoms with van der Waals surface area (Å²) in [6.45, 7) is 5.88. The molecule has 1 heterocycles. The number of hydrogen-bond acceptors (Lipinski definition) is 4. The van der Waals surface area contributed by atoms with Gasteiger partial charge in [0, 0.05) is 46.4 Å². The summed E-state index contributed by atoms with van der Waals surface area (Å²) >= 11 is 0. The summed E-state index contributed by atoms with van der Waals surface area (Å²) in [6, 6.07) is 0. The molecule has 7 heteroatoms. The predicted octanol–water partition coefficient (Wildman–Crippen LogP) is -0.895. The smallest absolute Gasteiger partial charge is 0.281 e. The molecule has 1 fully saturated rings. The number of nitrogens with one attached hydrogen (secondary N) is 1. The van der Waals surface area contributed by atoms with E-state index in [-0.39, 0.29) is 0 Å². The van der Waals surface area contributed by atoms with Crippen molar-refractivity contribution in [2.24, 2.45) is 0 Å². The van der Waals surface area contributed by atoms with E-state index in [4.69, 9.17) is 4.74 Å². The van der Waals surface area contributed by atoms with E-state index in [1.807, 2.05) is 6.92 Å². The molecular formula is C9H21N3O3S. The number of rotatable bonds is 6. The summed E-state index contributed by atoms with van der Waals surface area (Å²) < 4.78 is 32.1. The van der Waals surface area contributed by atoms with Gasteiger partial charge in [-0.25, -0.2) is 0 Å². The Labute approximate surface area is 97.7 Å². The maximum absolute atomic E-state index is 12.0. The molecule has 1 saturated heterocycles. The fraction of sp³-hybridized carbons (Fsp3) is 1.00. The van der Waals surface area contributed by atoms with Crippen LogP contribution in [0.1, 0.15) is 6.92 Å². The van der Waals surface area contributed by atoms with Crippen LogP contribution in [0.2, 0.25) is 0 Å². The highest BCUT2D eigenvalue weighted by atomic mass is 32.2. The zero-order chi connectivity index (χ0) is 12.0. The van der Waals surface area contributed by atoms with Crippen molar-refractivity contribution in [3.8, 4) is 0 Å². The van der Waals surface area contributed by atoms with Gasteiger partial charge < -0.3 is 10.1 Å². The second-order valence-electron chi connectivity index (χ2n) is 3.68. The highest BCUT2D eigenvalue weighted by Gasteiger charge is 2.27. The van der Waals surface area contributed by atoms with Crippen LogP contribution < -0.4 is 5.32 Å². The number of piperazine rings is 1. The Kier molecular flexibility index (Phi) is 5.63. The standard InChI is InChI=1S/C9H21N3O3S/c1-3-15-9-8-11(2)16(13,14)12-6-4-10-5-7-12/h10H,3-9H2,1-2H3. The maximum Gasteiger partial charge on any atom is 0.281 e. The van der Waals surface area contributed by atoms with Crippen molar-refractivity contribution in [1.29, 1.82) is 0 Å². The van der Waals surface area contributed by atoms with E-state index in [0.717, 1.165) is 13.1 Å². The van der Waals surface area contributed by atoms with Crippen LogP contribution in [-0.4, -0.2) is 70.0 Å². The summed E-state index contributed by atoms with van der Waals surface area (Å²) in [4.78, 5) is 0. The van der Waals surface area contributed by atoms with E-state index in [2.05, 4.69) is 5.32 Å². The first kappa shape index (κ1) is 13.9. The van der Waals surface area contributed by atoms with E-state index in [9.17, 15) is 8.42 Å². The Morgan fingerprint density at radius 1 is 1.38 bits per heavy atom. The molecule has 1 aliphatic heterocycles. The van der Waals surface area contributed by atoms with Crippen LogP contribution in [0, 0.1) is 0 Å². The number of ether oxygens (including phenoxy) is 1. The van der Waals surface area contributed by atoms with Gasteiger partial charge >= 0.3 is 0 Å². The monoisotopic (exact) mass is 251 g/mol. The number of likely N-dealkylation sites (N-methyl/N-ethyl adjacent to an activating group) is 1. The number of nitrogens with zero attached hydrogens (tertiary/aromatic N) is 2. The fourth-order valence-corrected chi connectivity index (χ4v) is 2.87. The molecule has 0 aromatic carbocycles. The van der Waals surface area contributed by atoms with E-state index in [0.29, 0.717) is 32.8 Å². The van der Waals surface area contributed by atoms with Crippen molar-refractivity contribution in [2.75, 3.05) is 53.0 Å². The molecule has 0 bridgehead atoms. The third kappa shape index (κ3) is 3.67. The van der Waals surface area contributed by atoms with Crippen LogP contribution >= 0.6 is 0 Å². The Morgan fingerprint density at radius 3 is 2.56 bits per heavy atom. The molecule has 1 aliphatic rings. The molecule has 0 aliphatic carbocycles. The first-order chi connectivity index (χ1) is 7.59. The van der Waals surface area contributed by atoms with Crippen LogP contribution in [0.3, 0.4) is 0 Å². The molecule has 6 nitrogen and oxygen atoms in total. The third-order valence-corrected chi connectivity index (χ3v) is 4.54. The van der Waals surface area contributed by atoms with Crippen molar-refractivity contribution in [3.05, 3.63) is 0 Å². The lowest BCUT2D eigenvalue weighted by atomic mass is 10.4. The van der Waals surface area contributed by atoms with Crippen LogP contribution in [0.4, 0.5) is 0 Å². The largest absolute Gasteiger partial charge is 0.380 e. The van der Waals surface area contributed by atoms with E-state index in [1.165, 1.54) is 8.61 Å². The topological polar surface area (TPSA) is 61.9 Å². The van der Waals surface area contributed by atoms with Gasteiger partial charge in [0.2, 0.25) is 0 Å².